The van der Waals surface area contributed by atoms with E-state index >= 15 is 0 Å². The van der Waals surface area contributed by atoms with Crippen molar-refractivity contribution in [3.63, 3.8) is 0 Å². The summed E-state index contributed by atoms with van der Waals surface area (Å²) in [6, 6.07) is 19.9. The molecule has 2 aromatic heterocycles. The number of anilines is 4. The maximum absolute atomic E-state index is 11.9. The SMILES string of the molecule is CCN(c1ccccc1)c1nc(N(CC)c2ccccc2)nc(-n2nnc(C(C)=O)c2C)n1. The number of aromatic nitrogens is 6. The molecular formula is C24H26N8O. The Balaban J connectivity index is 1.91. The zero-order valence-corrected chi connectivity index (χ0v) is 19.2. The van der Waals surface area contributed by atoms with E-state index in [1.807, 2.05) is 84.3 Å². The van der Waals surface area contributed by atoms with Gasteiger partial charge < -0.3 is 9.80 Å². The van der Waals surface area contributed by atoms with Crippen molar-refractivity contribution in [2.45, 2.75) is 27.7 Å². The first kappa shape index (κ1) is 22.1. The van der Waals surface area contributed by atoms with E-state index in [0.29, 0.717) is 42.3 Å². The van der Waals surface area contributed by atoms with Crippen molar-refractivity contribution in [1.29, 1.82) is 0 Å². The van der Waals surface area contributed by atoms with Crippen LogP contribution in [0.3, 0.4) is 0 Å². The molecule has 0 spiro atoms. The predicted octanol–water partition coefficient (Wildman–Crippen LogP) is 4.28. The van der Waals surface area contributed by atoms with Crippen LogP contribution >= 0.6 is 0 Å². The second kappa shape index (κ2) is 9.56. The Morgan fingerprint density at radius 1 is 0.818 bits per heavy atom. The Labute approximate surface area is 192 Å². The summed E-state index contributed by atoms with van der Waals surface area (Å²) in [5, 5.41) is 8.19. The third-order valence-electron chi connectivity index (χ3n) is 5.27. The second-order valence-electron chi connectivity index (χ2n) is 7.39. The van der Waals surface area contributed by atoms with E-state index in [1.165, 1.54) is 11.6 Å². The number of para-hydroxylation sites is 2. The van der Waals surface area contributed by atoms with Gasteiger partial charge >= 0.3 is 0 Å². The van der Waals surface area contributed by atoms with Crippen LogP contribution in [0.1, 0.15) is 37.0 Å². The molecule has 0 aliphatic heterocycles. The number of hydrogen-bond acceptors (Lipinski definition) is 8. The molecule has 0 saturated heterocycles. The van der Waals surface area contributed by atoms with Crippen molar-refractivity contribution >= 4 is 29.1 Å². The van der Waals surface area contributed by atoms with Crippen LogP contribution in [0, 0.1) is 6.92 Å². The molecule has 4 rings (SSSR count). The number of ketones is 1. The van der Waals surface area contributed by atoms with Gasteiger partial charge in [0.25, 0.3) is 5.95 Å². The number of carbonyl (C=O) groups is 1. The van der Waals surface area contributed by atoms with Gasteiger partial charge in [0.1, 0.15) is 0 Å². The van der Waals surface area contributed by atoms with Gasteiger partial charge in [0.15, 0.2) is 11.5 Å². The van der Waals surface area contributed by atoms with Crippen LogP contribution < -0.4 is 9.80 Å². The van der Waals surface area contributed by atoms with E-state index in [2.05, 4.69) is 10.3 Å². The highest BCUT2D eigenvalue weighted by Gasteiger charge is 2.22. The third-order valence-corrected chi connectivity index (χ3v) is 5.27. The summed E-state index contributed by atoms with van der Waals surface area (Å²) in [5.41, 5.74) is 2.80. The van der Waals surface area contributed by atoms with Gasteiger partial charge in [0, 0.05) is 31.4 Å². The van der Waals surface area contributed by atoms with Crippen molar-refractivity contribution in [2.24, 2.45) is 0 Å². The lowest BCUT2D eigenvalue weighted by Crippen LogP contribution is -2.25. The Kier molecular flexibility index (Phi) is 6.39. The molecule has 2 heterocycles. The third kappa shape index (κ3) is 4.43. The first-order chi connectivity index (χ1) is 16.0. The van der Waals surface area contributed by atoms with Crippen LogP contribution in [0.15, 0.2) is 60.7 Å². The summed E-state index contributed by atoms with van der Waals surface area (Å²) in [6.45, 7) is 8.63. The van der Waals surface area contributed by atoms with E-state index in [4.69, 9.17) is 15.0 Å². The summed E-state index contributed by atoms with van der Waals surface area (Å²) in [7, 11) is 0. The number of Topliss-reactive ketones (excluding diaryl/α,β-unsaturated/α-hetero) is 1. The Bertz CT molecular complexity index is 1170. The van der Waals surface area contributed by atoms with E-state index in [1.54, 1.807) is 6.92 Å². The van der Waals surface area contributed by atoms with Crippen molar-refractivity contribution in [2.75, 3.05) is 22.9 Å². The highest BCUT2D eigenvalue weighted by molar-refractivity contribution is 5.93. The molecule has 0 unspecified atom stereocenters. The maximum atomic E-state index is 11.9. The molecule has 4 aromatic rings. The molecule has 0 radical (unpaired) electrons. The fraction of sp³-hybridized carbons (Fsp3) is 0.250. The predicted molar refractivity (Wildman–Crippen MR) is 128 cm³/mol. The highest BCUT2D eigenvalue weighted by atomic mass is 16.1. The maximum Gasteiger partial charge on any atom is 0.258 e. The van der Waals surface area contributed by atoms with Gasteiger partial charge in [-0.05, 0) is 45.0 Å². The minimum Gasteiger partial charge on any atom is -0.311 e. The van der Waals surface area contributed by atoms with Gasteiger partial charge in [-0.25, -0.2) is 0 Å². The Hall–Kier alpha value is -4.14. The van der Waals surface area contributed by atoms with Gasteiger partial charge in [-0.2, -0.15) is 19.6 Å². The minimum atomic E-state index is -0.160. The Morgan fingerprint density at radius 3 is 1.70 bits per heavy atom. The summed E-state index contributed by atoms with van der Waals surface area (Å²) in [5.74, 6) is 1.11. The second-order valence-corrected chi connectivity index (χ2v) is 7.39. The number of carbonyl (C=O) groups excluding carboxylic acids is 1. The van der Waals surface area contributed by atoms with Crippen molar-refractivity contribution < 1.29 is 4.79 Å². The molecule has 0 fully saturated rings. The zero-order chi connectivity index (χ0) is 23.4. The van der Waals surface area contributed by atoms with Gasteiger partial charge in [-0.3, -0.25) is 4.79 Å². The molecule has 0 aliphatic rings. The molecule has 33 heavy (non-hydrogen) atoms. The molecule has 0 bridgehead atoms. The quantitative estimate of drug-likeness (QED) is 0.373. The van der Waals surface area contributed by atoms with Crippen LogP contribution in [0.2, 0.25) is 0 Å². The molecule has 9 nitrogen and oxygen atoms in total. The molecule has 2 aromatic carbocycles. The number of rotatable bonds is 8. The summed E-state index contributed by atoms with van der Waals surface area (Å²) in [4.78, 5) is 30.2. The zero-order valence-electron chi connectivity index (χ0n) is 19.2. The Morgan fingerprint density at radius 2 is 1.30 bits per heavy atom. The lowest BCUT2D eigenvalue weighted by atomic mass is 10.2. The lowest BCUT2D eigenvalue weighted by molar-refractivity contribution is 0.101. The fourth-order valence-electron chi connectivity index (χ4n) is 3.62. The first-order valence-electron chi connectivity index (χ1n) is 10.9. The monoisotopic (exact) mass is 442 g/mol. The van der Waals surface area contributed by atoms with E-state index in [0.717, 1.165) is 11.4 Å². The largest absolute Gasteiger partial charge is 0.311 e. The molecule has 168 valence electrons. The van der Waals surface area contributed by atoms with Crippen molar-refractivity contribution in [3.8, 4) is 5.95 Å². The normalized spacial score (nSPS) is 10.8. The van der Waals surface area contributed by atoms with Crippen LogP contribution in [0.4, 0.5) is 23.3 Å². The van der Waals surface area contributed by atoms with Crippen LogP contribution in [-0.4, -0.2) is 48.8 Å². The lowest BCUT2D eigenvalue weighted by Gasteiger charge is -2.25. The smallest absolute Gasteiger partial charge is 0.258 e. The topological polar surface area (TPSA) is 92.9 Å². The van der Waals surface area contributed by atoms with E-state index < -0.39 is 0 Å². The van der Waals surface area contributed by atoms with Crippen LogP contribution in [0.25, 0.3) is 5.95 Å². The summed E-state index contributed by atoms with van der Waals surface area (Å²) < 4.78 is 1.49. The van der Waals surface area contributed by atoms with Gasteiger partial charge in [0.2, 0.25) is 11.9 Å². The fourth-order valence-corrected chi connectivity index (χ4v) is 3.62. The molecular weight excluding hydrogens is 416 g/mol. The summed E-state index contributed by atoms with van der Waals surface area (Å²) >= 11 is 0. The van der Waals surface area contributed by atoms with Gasteiger partial charge in [0.05, 0.1) is 5.69 Å². The van der Waals surface area contributed by atoms with E-state index in [9.17, 15) is 4.79 Å². The molecule has 0 atom stereocenters. The van der Waals surface area contributed by atoms with Crippen LogP contribution in [-0.2, 0) is 0 Å². The molecule has 0 N–H and O–H groups in total. The van der Waals surface area contributed by atoms with Crippen molar-refractivity contribution in [1.82, 2.24) is 29.9 Å². The van der Waals surface area contributed by atoms with E-state index in [-0.39, 0.29) is 5.78 Å². The van der Waals surface area contributed by atoms with Gasteiger partial charge in [-0.15, -0.1) is 5.10 Å². The van der Waals surface area contributed by atoms with Crippen molar-refractivity contribution in [3.05, 3.63) is 72.1 Å². The number of benzene rings is 2. The summed E-state index contributed by atoms with van der Waals surface area (Å²) in [6.07, 6.45) is 0. The molecule has 9 heteroatoms. The molecule has 0 aliphatic carbocycles. The standard InChI is InChI=1S/C24H26N8O/c1-5-30(19-13-9-7-10-14-19)22-25-23(31(6-2)20-15-11-8-12-16-20)27-24(26-22)32-17(3)21(18(4)33)28-29-32/h7-16H,5-6H2,1-4H3. The molecule has 0 saturated carbocycles. The number of nitrogens with zero attached hydrogens (tertiary/aromatic N) is 8. The molecule has 0 amide bonds. The average Bonchev–Trinajstić information content (AvgIpc) is 3.23. The first-order valence-corrected chi connectivity index (χ1v) is 10.9. The van der Waals surface area contributed by atoms with Crippen LogP contribution in [0.5, 0.6) is 0 Å². The number of hydrogen-bond donors (Lipinski definition) is 0. The highest BCUT2D eigenvalue weighted by Crippen LogP contribution is 2.27. The van der Waals surface area contributed by atoms with Gasteiger partial charge in [-0.1, -0.05) is 41.6 Å². The average molecular weight is 443 g/mol. The minimum absolute atomic E-state index is 0.160.